The zero-order valence-corrected chi connectivity index (χ0v) is 9.42. The Hall–Kier alpha value is -0.420. The van der Waals surface area contributed by atoms with Gasteiger partial charge in [0.25, 0.3) is 0 Å². The van der Waals surface area contributed by atoms with Crippen LogP contribution in [-0.2, 0) is 6.54 Å². The Kier molecular flexibility index (Phi) is 4.54. The van der Waals surface area contributed by atoms with Gasteiger partial charge in [-0.25, -0.2) is 0 Å². The second-order valence-corrected chi connectivity index (χ2v) is 4.56. The third kappa shape index (κ3) is 3.38. The van der Waals surface area contributed by atoms with Gasteiger partial charge >= 0.3 is 0 Å². The molecule has 0 bridgehead atoms. The molecule has 0 radical (unpaired) electrons. The lowest BCUT2D eigenvalue weighted by molar-refractivity contribution is 0.0650. The number of likely N-dealkylation sites (N-methyl/N-ethyl adjacent to an activating group) is 1. The molecule has 0 aromatic carbocycles. The summed E-state index contributed by atoms with van der Waals surface area (Å²) in [7, 11) is 1.94. The maximum atomic E-state index is 9.24. The third-order valence-corrected chi connectivity index (χ3v) is 3.12. The molecule has 0 amide bonds. The minimum atomic E-state index is -0.639. The summed E-state index contributed by atoms with van der Waals surface area (Å²) >= 11 is 1.73. The molecule has 0 aliphatic carbocycles. The van der Waals surface area contributed by atoms with E-state index in [1.165, 1.54) is 10.4 Å². The Balaban J connectivity index is 2.41. The van der Waals surface area contributed by atoms with E-state index in [2.05, 4.69) is 18.4 Å². The van der Waals surface area contributed by atoms with Gasteiger partial charge in [-0.3, -0.25) is 4.90 Å². The van der Waals surface area contributed by atoms with E-state index in [4.69, 9.17) is 5.11 Å². The molecule has 1 heterocycles. The third-order valence-electron chi connectivity index (χ3n) is 2.11. The first-order valence-corrected chi connectivity index (χ1v) is 5.52. The van der Waals surface area contributed by atoms with E-state index in [9.17, 15) is 5.11 Å². The molecule has 1 aromatic heterocycles. The van der Waals surface area contributed by atoms with Crippen LogP contribution in [0, 0.1) is 6.92 Å². The summed E-state index contributed by atoms with van der Waals surface area (Å²) in [6, 6.07) is 2.09. The minimum Gasteiger partial charge on any atom is -0.394 e. The van der Waals surface area contributed by atoms with Crippen molar-refractivity contribution in [3.63, 3.8) is 0 Å². The lowest BCUT2D eigenvalue weighted by Crippen LogP contribution is -2.30. The van der Waals surface area contributed by atoms with Crippen LogP contribution in [0.1, 0.15) is 10.4 Å². The number of hydrogen-bond acceptors (Lipinski definition) is 4. The summed E-state index contributed by atoms with van der Waals surface area (Å²) < 4.78 is 0. The molecule has 2 N–H and O–H groups in total. The molecule has 0 aliphatic rings. The fraction of sp³-hybridized carbons (Fsp3) is 0.600. The summed E-state index contributed by atoms with van der Waals surface area (Å²) in [6.07, 6.45) is -0.639. The number of aliphatic hydroxyl groups excluding tert-OH is 2. The second kappa shape index (κ2) is 5.46. The molecule has 4 heteroatoms. The molecule has 0 spiro atoms. The summed E-state index contributed by atoms with van der Waals surface area (Å²) in [6.45, 7) is 3.25. The first-order chi connectivity index (χ1) is 6.63. The highest BCUT2D eigenvalue weighted by atomic mass is 32.1. The predicted molar refractivity (Wildman–Crippen MR) is 58.5 cm³/mol. The summed E-state index contributed by atoms with van der Waals surface area (Å²) in [5.74, 6) is 0. The SMILES string of the molecule is Cc1ccsc1CN(C)CC(O)CO. The van der Waals surface area contributed by atoms with Gasteiger partial charge in [0.15, 0.2) is 0 Å². The molecule has 1 atom stereocenters. The number of thiophene rings is 1. The van der Waals surface area contributed by atoms with Crippen molar-refractivity contribution in [2.24, 2.45) is 0 Å². The predicted octanol–water partition coefficient (Wildman–Crippen LogP) is 0.842. The average molecular weight is 215 g/mol. The van der Waals surface area contributed by atoms with Gasteiger partial charge in [0.2, 0.25) is 0 Å². The van der Waals surface area contributed by atoms with Crippen molar-refractivity contribution >= 4 is 11.3 Å². The van der Waals surface area contributed by atoms with Crippen LogP contribution in [-0.4, -0.2) is 41.4 Å². The minimum absolute atomic E-state index is 0.173. The van der Waals surface area contributed by atoms with Crippen molar-refractivity contribution in [3.05, 3.63) is 21.9 Å². The van der Waals surface area contributed by atoms with Crippen molar-refractivity contribution in [3.8, 4) is 0 Å². The Morgan fingerprint density at radius 2 is 2.29 bits per heavy atom. The highest BCUT2D eigenvalue weighted by Crippen LogP contribution is 2.17. The van der Waals surface area contributed by atoms with Crippen LogP contribution in [0.2, 0.25) is 0 Å². The van der Waals surface area contributed by atoms with E-state index in [0.717, 1.165) is 6.54 Å². The zero-order chi connectivity index (χ0) is 10.6. The molecule has 1 aromatic rings. The van der Waals surface area contributed by atoms with Crippen LogP contribution in [0.4, 0.5) is 0 Å². The van der Waals surface area contributed by atoms with Gasteiger partial charge in [0, 0.05) is 18.0 Å². The maximum absolute atomic E-state index is 9.24. The van der Waals surface area contributed by atoms with Crippen LogP contribution < -0.4 is 0 Å². The van der Waals surface area contributed by atoms with Crippen LogP contribution >= 0.6 is 11.3 Å². The quantitative estimate of drug-likeness (QED) is 0.765. The highest BCUT2D eigenvalue weighted by Gasteiger charge is 2.08. The van der Waals surface area contributed by atoms with Gasteiger partial charge in [-0.1, -0.05) is 0 Å². The largest absolute Gasteiger partial charge is 0.394 e. The standard InChI is InChI=1S/C10H17NO2S/c1-8-3-4-14-10(8)6-11(2)5-9(13)7-12/h3-4,9,12-13H,5-7H2,1-2H3. The zero-order valence-electron chi connectivity index (χ0n) is 8.60. The van der Waals surface area contributed by atoms with Gasteiger partial charge < -0.3 is 10.2 Å². The van der Waals surface area contributed by atoms with E-state index in [1.54, 1.807) is 11.3 Å². The van der Waals surface area contributed by atoms with Crippen molar-refractivity contribution in [1.82, 2.24) is 4.90 Å². The Morgan fingerprint density at radius 1 is 1.57 bits per heavy atom. The molecule has 0 aliphatic heterocycles. The summed E-state index contributed by atoms with van der Waals surface area (Å²) in [5, 5.41) is 20.0. The molecule has 3 nitrogen and oxygen atoms in total. The van der Waals surface area contributed by atoms with Crippen LogP contribution in [0.5, 0.6) is 0 Å². The summed E-state index contributed by atoms with van der Waals surface area (Å²) in [4.78, 5) is 3.33. The van der Waals surface area contributed by atoms with Gasteiger partial charge in [0.05, 0.1) is 12.7 Å². The van der Waals surface area contributed by atoms with E-state index >= 15 is 0 Å². The fourth-order valence-corrected chi connectivity index (χ4v) is 2.28. The lowest BCUT2D eigenvalue weighted by atomic mass is 10.2. The average Bonchev–Trinajstić information content (AvgIpc) is 2.51. The first kappa shape index (κ1) is 11.7. The first-order valence-electron chi connectivity index (χ1n) is 4.64. The number of hydrogen-bond donors (Lipinski definition) is 2. The Labute approximate surface area is 88.6 Å². The Morgan fingerprint density at radius 3 is 2.79 bits per heavy atom. The number of nitrogens with zero attached hydrogens (tertiary/aromatic N) is 1. The normalized spacial score (nSPS) is 13.5. The van der Waals surface area contributed by atoms with Gasteiger partial charge in [0.1, 0.15) is 0 Å². The fourth-order valence-electron chi connectivity index (χ4n) is 1.29. The second-order valence-electron chi connectivity index (χ2n) is 3.56. The molecule has 80 valence electrons. The molecular formula is C10H17NO2S. The molecule has 1 unspecified atom stereocenters. The smallest absolute Gasteiger partial charge is 0.0897 e. The molecule has 0 saturated carbocycles. The molecule has 0 fully saturated rings. The van der Waals surface area contributed by atoms with Crippen LogP contribution in [0.3, 0.4) is 0 Å². The van der Waals surface area contributed by atoms with Gasteiger partial charge in [-0.05, 0) is 31.0 Å². The number of rotatable bonds is 5. The lowest BCUT2D eigenvalue weighted by Gasteiger charge is -2.18. The van der Waals surface area contributed by atoms with E-state index in [1.807, 2.05) is 11.9 Å². The van der Waals surface area contributed by atoms with Crippen LogP contribution in [0.25, 0.3) is 0 Å². The van der Waals surface area contributed by atoms with E-state index < -0.39 is 6.10 Å². The Bertz CT molecular complexity index is 275. The van der Waals surface area contributed by atoms with E-state index in [-0.39, 0.29) is 6.61 Å². The molecule has 0 saturated heterocycles. The van der Waals surface area contributed by atoms with Crippen molar-refractivity contribution in [1.29, 1.82) is 0 Å². The monoisotopic (exact) mass is 215 g/mol. The highest BCUT2D eigenvalue weighted by molar-refractivity contribution is 7.10. The van der Waals surface area contributed by atoms with E-state index in [0.29, 0.717) is 6.54 Å². The molecule has 14 heavy (non-hydrogen) atoms. The van der Waals surface area contributed by atoms with Crippen molar-refractivity contribution in [2.75, 3.05) is 20.2 Å². The molecular weight excluding hydrogens is 198 g/mol. The molecule has 1 rings (SSSR count). The van der Waals surface area contributed by atoms with Crippen molar-refractivity contribution < 1.29 is 10.2 Å². The van der Waals surface area contributed by atoms with Gasteiger partial charge in [-0.15, -0.1) is 11.3 Å². The number of aliphatic hydroxyl groups is 2. The van der Waals surface area contributed by atoms with Crippen LogP contribution in [0.15, 0.2) is 11.4 Å². The topological polar surface area (TPSA) is 43.7 Å². The van der Waals surface area contributed by atoms with Crippen molar-refractivity contribution in [2.45, 2.75) is 19.6 Å². The number of aryl methyl sites for hydroxylation is 1. The van der Waals surface area contributed by atoms with Gasteiger partial charge in [-0.2, -0.15) is 0 Å². The summed E-state index contributed by atoms with van der Waals surface area (Å²) in [5.41, 5.74) is 1.29. The maximum Gasteiger partial charge on any atom is 0.0897 e.